The molecule has 0 saturated heterocycles. The lowest BCUT2D eigenvalue weighted by Crippen LogP contribution is -2.10. The number of hydrogen-bond acceptors (Lipinski definition) is 9. The van der Waals surface area contributed by atoms with Crippen LogP contribution in [-0.4, -0.2) is 34.8 Å². The summed E-state index contributed by atoms with van der Waals surface area (Å²) < 4.78 is 22.0. The monoisotopic (exact) mass is 441 g/mol. The van der Waals surface area contributed by atoms with Gasteiger partial charge < -0.3 is 18.6 Å². The van der Waals surface area contributed by atoms with Gasteiger partial charge in [-0.05, 0) is 43.7 Å². The molecule has 0 fully saturated rings. The van der Waals surface area contributed by atoms with E-state index in [2.05, 4.69) is 17.1 Å². The molecule has 2 aromatic carbocycles. The Kier molecular flexibility index (Phi) is 7.37. The minimum Gasteiger partial charge on any atom is -0.493 e. The summed E-state index contributed by atoms with van der Waals surface area (Å²) in [5, 5.41) is 18.6. The second kappa shape index (κ2) is 10.4. The summed E-state index contributed by atoms with van der Waals surface area (Å²) in [7, 11) is 1.50. The third-order valence-electron chi connectivity index (χ3n) is 4.55. The first-order valence-electron chi connectivity index (χ1n) is 10.0. The summed E-state index contributed by atoms with van der Waals surface area (Å²) in [6.07, 6.45) is 1.11. The van der Waals surface area contributed by atoms with E-state index in [1.165, 1.54) is 31.4 Å². The van der Waals surface area contributed by atoms with Gasteiger partial charge >= 0.3 is 5.97 Å². The number of methoxy groups -OCH3 is 1. The maximum absolute atomic E-state index is 12.6. The highest BCUT2D eigenvalue weighted by atomic mass is 16.6. The normalized spacial score (nSPS) is 11.6. The van der Waals surface area contributed by atoms with E-state index in [4.69, 9.17) is 18.6 Å². The minimum absolute atomic E-state index is 0.0482. The summed E-state index contributed by atoms with van der Waals surface area (Å²) in [5.74, 6) is 0.647. The average molecular weight is 441 g/mol. The molecule has 10 heteroatoms. The van der Waals surface area contributed by atoms with E-state index in [1.54, 1.807) is 25.1 Å². The molecule has 168 valence electrons. The van der Waals surface area contributed by atoms with Crippen LogP contribution < -0.4 is 9.47 Å². The van der Waals surface area contributed by atoms with Gasteiger partial charge in [0.25, 0.3) is 11.6 Å². The number of benzene rings is 2. The second-order valence-electron chi connectivity index (χ2n) is 6.86. The van der Waals surface area contributed by atoms with Crippen molar-refractivity contribution < 1.29 is 28.3 Å². The summed E-state index contributed by atoms with van der Waals surface area (Å²) in [6.45, 7) is 4.23. The fourth-order valence-electron chi connectivity index (χ4n) is 2.76. The first-order valence-corrected chi connectivity index (χ1v) is 10.0. The molecule has 1 aromatic heterocycles. The molecule has 1 unspecified atom stereocenters. The fraction of sp³-hybridized carbons (Fsp3) is 0.318. The molecule has 0 spiro atoms. The van der Waals surface area contributed by atoms with Crippen LogP contribution in [-0.2, 0) is 4.74 Å². The summed E-state index contributed by atoms with van der Waals surface area (Å²) >= 11 is 0. The Hall–Kier alpha value is -3.95. The molecule has 0 aliphatic heterocycles. The number of ether oxygens (including phenoxy) is 3. The van der Waals surface area contributed by atoms with E-state index in [9.17, 15) is 14.9 Å². The Balaban J connectivity index is 1.67. The zero-order chi connectivity index (χ0) is 23.1. The van der Waals surface area contributed by atoms with Crippen LogP contribution >= 0.6 is 0 Å². The van der Waals surface area contributed by atoms with Crippen LogP contribution in [0.1, 0.15) is 49.0 Å². The third kappa shape index (κ3) is 5.39. The Morgan fingerprint density at radius 2 is 1.91 bits per heavy atom. The molecule has 0 bridgehead atoms. The van der Waals surface area contributed by atoms with Crippen molar-refractivity contribution in [3.63, 3.8) is 0 Å². The molecular weight excluding hydrogens is 418 g/mol. The van der Waals surface area contributed by atoms with Gasteiger partial charge in [-0.15, -0.1) is 10.2 Å². The highest BCUT2D eigenvalue weighted by Gasteiger charge is 2.21. The number of hydrogen-bond donors (Lipinski definition) is 0. The van der Waals surface area contributed by atoms with Crippen LogP contribution in [0.25, 0.3) is 11.5 Å². The Morgan fingerprint density at radius 1 is 1.16 bits per heavy atom. The molecule has 0 N–H and O–H groups in total. The second-order valence-corrected chi connectivity index (χ2v) is 6.86. The Bertz CT molecular complexity index is 1080. The van der Waals surface area contributed by atoms with Crippen molar-refractivity contribution in [3.8, 4) is 23.0 Å². The highest BCUT2D eigenvalue weighted by Crippen LogP contribution is 2.30. The lowest BCUT2D eigenvalue weighted by molar-refractivity contribution is -0.384. The highest BCUT2D eigenvalue weighted by molar-refractivity contribution is 5.90. The molecule has 1 atom stereocenters. The van der Waals surface area contributed by atoms with E-state index in [1.807, 2.05) is 0 Å². The van der Waals surface area contributed by atoms with Crippen molar-refractivity contribution in [2.24, 2.45) is 0 Å². The van der Waals surface area contributed by atoms with Gasteiger partial charge in [0.05, 0.1) is 24.2 Å². The van der Waals surface area contributed by atoms with Gasteiger partial charge in [0.2, 0.25) is 5.89 Å². The van der Waals surface area contributed by atoms with Gasteiger partial charge in [-0.3, -0.25) is 10.1 Å². The topological polar surface area (TPSA) is 127 Å². The van der Waals surface area contributed by atoms with Crippen molar-refractivity contribution in [3.05, 3.63) is 64.0 Å². The number of unbranched alkanes of at least 4 members (excludes halogenated alkanes) is 1. The lowest BCUT2D eigenvalue weighted by Gasteiger charge is -2.13. The van der Waals surface area contributed by atoms with E-state index < -0.39 is 17.0 Å². The number of aromatic nitrogens is 2. The molecule has 0 aliphatic rings. The minimum atomic E-state index is -0.812. The van der Waals surface area contributed by atoms with Crippen LogP contribution in [0.4, 0.5) is 5.69 Å². The van der Waals surface area contributed by atoms with Gasteiger partial charge in [-0.25, -0.2) is 4.79 Å². The van der Waals surface area contributed by atoms with Crippen LogP contribution in [0.5, 0.6) is 11.5 Å². The molecule has 0 aliphatic carbocycles. The van der Waals surface area contributed by atoms with Gasteiger partial charge in [-0.2, -0.15) is 0 Å². The number of carbonyl (C=O) groups is 1. The maximum atomic E-state index is 12.6. The number of nitro groups is 1. The van der Waals surface area contributed by atoms with Gasteiger partial charge in [0.1, 0.15) is 0 Å². The number of nitro benzene ring substituents is 1. The molecule has 3 aromatic rings. The maximum Gasteiger partial charge on any atom is 0.339 e. The van der Waals surface area contributed by atoms with Crippen molar-refractivity contribution in [2.75, 3.05) is 13.7 Å². The van der Waals surface area contributed by atoms with Crippen molar-refractivity contribution >= 4 is 11.7 Å². The van der Waals surface area contributed by atoms with E-state index in [-0.39, 0.29) is 23.0 Å². The van der Waals surface area contributed by atoms with Crippen LogP contribution in [0.2, 0.25) is 0 Å². The number of rotatable bonds is 10. The quantitative estimate of drug-likeness (QED) is 0.189. The van der Waals surface area contributed by atoms with E-state index in [0.717, 1.165) is 12.8 Å². The van der Waals surface area contributed by atoms with Gasteiger partial charge in [-0.1, -0.05) is 13.3 Å². The summed E-state index contributed by atoms with van der Waals surface area (Å²) in [5.41, 5.74) is 0.746. The number of carbonyl (C=O) groups excluding carboxylic acids is 1. The predicted molar refractivity (Wildman–Crippen MR) is 114 cm³/mol. The van der Waals surface area contributed by atoms with Crippen LogP contribution in [0.3, 0.4) is 0 Å². The molecule has 3 rings (SSSR count). The smallest absolute Gasteiger partial charge is 0.339 e. The average Bonchev–Trinajstić information content (AvgIpc) is 3.30. The van der Waals surface area contributed by atoms with E-state index in [0.29, 0.717) is 23.7 Å². The van der Waals surface area contributed by atoms with E-state index >= 15 is 0 Å². The SMILES string of the molecule is CCCCOc1ccc(C(=O)OC(C)c2nnc(-c3ccc([N+](=O)[O-])cc3)o2)cc1OC. The molecule has 32 heavy (non-hydrogen) atoms. The number of non-ortho nitro benzene ring substituents is 1. The molecule has 1 heterocycles. The summed E-state index contributed by atoms with van der Waals surface area (Å²) in [6, 6.07) is 10.5. The van der Waals surface area contributed by atoms with Crippen molar-refractivity contribution in [2.45, 2.75) is 32.8 Å². The van der Waals surface area contributed by atoms with Crippen molar-refractivity contribution in [1.82, 2.24) is 10.2 Å². The van der Waals surface area contributed by atoms with Gasteiger partial charge in [0.15, 0.2) is 17.6 Å². The zero-order valence-corrected chi connectivity index (χ0v) is 17.9. The fourth-order valence-corrected chi connectivity index (χ4v) is 2.76. The number of esters is 1. The first kappa shape index (κ1) is 22.7. The molecular formula is C22H23N3O7. The molecule has 0 radical (unpaired) electrons. The molecule has 0 saturated carbocycles. The lowest BCUT2D eigenvalue weighted by atomic mass is 10.2. The zero-order valence-electron chi connectivity index (χ0n) is 17.9. The predicted octanol–water partition coefficient (Wildman–Crippen LogP) is 4.75. The molecule has 10 nitrogen and oxygen atoms in total. The first-order chi connectivity index (χ1) is 15.4. The van der Waals surface area contributed by atoms with Gasteiger partial charge in [0, 0.05) is 17.7 Å². The standard InChI is InChI=1S/C22H23N3O7/c1-4-5-12-30-18-11-8-16(13-19(18)29-3)22(26)31-14(2)20-23-24-21(32-20)15-6-9-17(10-7-15)25(27)28/h6-11,13-14H,4-5,12H2,1-3H3. The Morgan fingerprint density at radius 3 is 2.56 bits per heavy atom. The third-order valence-corrected chi connectivity index (χ3v) is 4.55. The van der Waals surface area contributed by atoms with Crippen molar-refractivity contribution in [1.29, 1.82) is 0 Å². The number of nitrogens with zero attached hydrogens (tertiary/aromatic N) is 3. The van der Waals surface area contributed by atoms with Crippen LogP contribution in [0.15, 0.2) is 46.9 Å². The largest absolute Gasteiger partial charge is 0.493 e. The summed E-state index contributed by atoms with van der Waals surface area (Å²) in [4.78, 5) is 22.8. The Labute approximate surface area is 184 Å². The van der Waals surface area contributed by atoms with Crippen LogP contribution in [0, 0.1) is 10.1 Å². The molecule has 0 amide bonds.